The molecule has 2 aliphatic heterocycles. The minimum atomic E-state index is -0.872. The number of carbonyl (C=O) groups excluding carboxylic acids is 2. The van der Waals surface area contributed by atoms with E-state index in [0.29, 0.717) is 59.2 Å². The van der Waals surface area contributed by atoms with Crippen molar-refractivity contribution in [3.63, 3.8) is 0 Å². The molecule has 0 saturated carbocycles. The van der Waals surface area contributed by atoms with Crippen molar-refractivity contribution in [3.05, 3.63) is 140 Å². The van der Waals surface area contributed by atoms with E-state index < -0.39 is 18.1 Å². The largest absolute Gasteiger partial charge is 0.489 e. The van der Waals surface area contributed by atoms with E-state index >= 15 is 0 Å². The number of nitrogens with one attached hydrogen (secondary N) is 2. The molecule has 0 spiro atoms. The molecule has 1 unspecified atom stereocenters. The number of amides is 1. The number of nitrogens with zero attached hydrogens (tertiary/aromatic N) is 1. The highest BCUT2D eigenvalue weighted by Gasteiger charge is 2.31. The van der Waals surface area contributed by atoms with E-state index in [2.05, 4.69) is 15.6 Å². The molecule has 1 aromatic heterocycles. The number of aromatic nitrogens is 1. The van der Waals surface area contributed by atoms with Crippen LogP contribution >= 0.6 is 23.2 Å². The first-order valence-electron chi connectivity index (χ1n) is 17.6. The van der Waals surface area contributed by atoms with Gasteiger partial charge in [0.2, 0.25) is 5.91 Å². The smallest absolute Gasteiger partial charge is 0.328 e. The second-order valence-electron chi connectivity index (χ2n) is 13.3. The monoisotopic (exact) mass is 767 g/mol. The lowest BCUT2D eigenvalue weighted by Gasteiger charge is -2.31. The number of carbonyl (C=O) groups is 2. The van der Waals surface area contributed by atoms with Gasteiger partial charge in [-0.15, -0.1) is 0 Å². The Labute approximate surface area is 323 Å². The zero-order chi connectivity index (χ0) is 37.8. The molecule has 0 bridgehead atoms. The third-order valence-corrected chi connectivity index (χ3v) is 10.4. The second kappa shape index (κ2) is 16.4. The van der Waals surface area contributed by atoms with Crippen molar-refractivity contribution in [2.45, 2.75) is 58.0 Å². The van der Waals surface area contributed by atoms with Gasteiger partial charge >= 0.3 is 5.97 Å². The van der Waals surface area contributed by atoms with Crippen molar-refractivity contribution in [2.75, 3.05) is 13.7 Å². The van der Waals surface area contributed by atoms with Gasteiger partial charge in [0.15, 0.2) is 17.6 Å². The third-order valence-electron chi connectivity index (χ3n) is 9.65. The summed E-state index contributed by atoms with van der Waals surface area (Å²) < 4.78 is 29.6. The molecule has 2 N–H and O–H groups in total. The van der Waals surface area contributed by atoms with Gasteiger partial charge in [0, 0.05) is 30.4 Å². The average Bonchev–Trinajstić information content (AvgIpc) is 3.19. The summed E-state index contributed by atoms with van der Waals surface area (Å²) in [5, 5.41) is 7.22. The van der Waals surface area contributed by atoms with Crippen LogP contribution in [0.1, 0.15) is 45.2 Å². The van der Waals surface area contributed by atoms with Gasteiger partial charge in [-0.05, 0) is 103 Å². The molecular formula is C42H39Cl2N3O7. The number of methoxy groups -OCH3 is 1. The molecule has 278 valence electrons. The zero-order valence-corrected chi connectivity index (χ0v) is 31.5. The van der Waals surface area contributed by atoms with Gasteiger partial charge in [0.1, 0.15) is 36.5 Å². The second-order valence-corrected chi connectivity index (χ2v) is 14.1. The average molecular weight is 769 g/mol. The molecule has 1 amide bonds. The van der Waals surface area contributed by atoms with Crippen LogP contribution in [0, 0.1) is 13.8 Å². The number of rotatable bonds is 11. The van der Waals surface area contributed by atoms with Gasteiger partial charge in [0.05, 0.1) is 23.2 Å². The van der Waals surface area contributed by atoms with Crippen LogP contribution in [-0.2, 0) is 40.3 Å². The van der Waals surface area contributed by atoms with Crippen LogP contribution in [-0.4, -0.2) is 42.7 Å². The molecule has 12 heteroatoms. The van der Waals surface area contributed by atoms with Crippen molar-refractivity contribution in [2.24, 2.45) is 0 Å². The van der Waals surface area contributed by atoms with Gasteiger partial charge in [0.25, 0.3) is 0 Å². The maximum Gasteiger partial charge on any atom is 0.328 e. The zero-order valence-electron chi connectivity index (χ0n) is 30.0. The van der Waals surface area contributed by atoms with Crippen LogP contribution < -0.4 is 29.6 Å². The van der Waals surface area contributed by atoms with Crippen LogP contribution in [0.4, 0.5) is 0 Å². The molecule has 0 saturated heterocycles. The molecule has 3 atom stereocenters. The summed E-state index contributed by atoms with van der Waals surface area (Å²) in [6.07, 6.45) is 2.08. The molecule has 3 heterocycles. The highest BCUT2D eigenvalue weighted by atomic mass is 35.5. The molecule has 54 heavy (non-hydrogen) atoms. The maximum absolute atomic E-state index is 13.5. The SMILES string of the molecule is COC(=O)C(Cc1ccc(Oc2ccnc(C)c2C)cc1)NC(=O)[C@@H]1Cc2cc3c(cc2CN1)O[C@@H](c1ccc(OCc2ccc(Cl)c(Cl)c2)cc1)CO3. The summed E-state index contributed by atoms with van der Waals surface area (Å²) in [6, 6.07) is 24.9. The predicted octanol–water partition coefficient (Wildman–Crippen LogP) is 7.80. The first-order valence-corrected chi connectivity index (χ1v) is 18.3. The molecule has 0 radical (unpaired) electrons. The number of aryl methyl sites for hydroxylation is 1. The minimum absolute atomic E-state index is 0.254. The summed E-state index contributed by atoms with van der Waals surface area (Å²) in [6.45, 7) is 5.03. The number of esters is 1. The third kappa shape index (κ3) is 8.57. The van der Waals surface area contributed by atoms with E-state index in [1.807, 2.05) is 86.6 Å². The van der Waals surface area contributed by atoms with E-state index in [1.165, 1.54) is 7.11 Å². The number of ether oxygens (including phenoxy) is 5. The van der Waals surface area contributed by atoms with Crippen LogP contribution in [0.25, 0.3) is 0 Å². The van der Waals surface area contributed by atoms with E-state index in [0.717, 1.165) is 44.8 Å². The normalized spacial score (nSPS) is 16.5. The summed E-state index contributed by atoms with van der Waals surface area (Å²) in [5.41, 5.74) is 6.56. The highest BCUT2D eigenvalue weighted by molar-refractivity contribution is 6.42. The fourth-order valence-corrected chi connectivity index (χ4v) is 6.72. The van der Waals surface area contributed by atoms with Crippen LogP contribution in [0.3, 0.4) is 0 Å². The number of halogens is 2. The van der Waals surface area contributed by atoms with Crippen LogP contribution in [0.5, 0.6) is 28.7 Å². The Kier molecular flexibility index (Phi) is 11.2. The number of fused-ring (bicyclic) bond motifs is 2. The molecule has 10 nitrogen and oxygen atoms in total. The maximum atomic E-state index is 13.5. The molecule has 0 fully saturated rings. The fraction of sp³-hybridized carbons (Fsp3) is 0.262. The molecule has 5 aromatic rings. The van der Waals surface area contributed by atoms with Gasteiger partial charge in [-0.2, -0.15) is 0 Å². The first kappa shape index (κ1) is 37.0. The van der Waals surface area contributed by atoms with Gasteiger partial charge in [-0.1, -0.05) is 53.5 Å². The highest BCUT2D eigenvalue weighted by Crippen LogP contribution is 2.40. The Morgan fingerprint density at radius 2 is 1.65 bits per heavy atom. The minimum Gasteiger partial charge on any atom is -0.489 e. The Bertz CT molecular complexity index is 2160. The summed E-state index contributed by atoms with van der Waals surface area (Å²) in [5.74, 6) is 2.55. The molecule has 4 aromatic carbocycles. The van der Waals surface area contributed by atoms with Crippen LogP contribution in [0.2, 0.25) is 10.0 Å². The first-order chi connectivity index (χ1) is 26.1. The fourth-order valence-electron chi connectivity index (χ4n) is 6.40. The Hall–Kier alpha value is -5.29. The predicted molar refractivity (Wildman–Crippen MR) is 205 cm³/mol. The quantitative estimate of drug-likeness (QED) is 0.130. The van der Waals surface area contributed by atoms with E-state index in [1.54, 1.807) is 18.3 Å². The lowest BCUT2D eigenvalue weighted by molar-refractivity contribution is -0.145. The lowest BCUT2D eigenvalue weighted by atomic mass is 9.94. The number of hydrogen-bond donors (Lipinski definition) is 2. The number of pyridine rings is 1. The van der Waals surface area contributed by atoms with Crippen molar-refractivity contribution >= 4 is 35.1 Å². The van der Waals surface area contributed by atoms with Crippen molar-refractivity contribution in [3.8, 4) is 28.7 Å². The molecule has 2 aliphatic rings. The molecular weight excluding hydrogens is 729 g/mol. The van der Waals surface area contributed by atoms with E-state index in [-0.39, 0.29) is 18.4 Å². The van der Waals surface area contributed by atoms with Crippen LogP contribution in [0.15, 0.2) is 91.1 Å². The summed E-state index contributed by atoms with van der Waals surface area (Å²) in [7, 11) is 1.31. The van der Waals surface area contributed by atoms with Crippen molar-refractivity contribution in [1.82, 2.24) is 15.6 Å². The lowest BCUT2D eigenvalue weighted by Crippen LogP contribution is -2.53. The Morgan fingerprint density at radius 1 is 0.907 bits per heavy atom. The van der Waals surface area contributed by atoms with Gasteiger partial charge in [-0.25, -0.2) is 4.79 Å². The summed E-state index contributed by atoms with van der Waals surface area (Å²) in [4.78, 5) is 30.6. The number of benzene rings is 4. The van der Waals surface area contributed by atoms with Crippen molar-refractivity contribution in [1.29, 1.82) is 0 Å². The molecule has 7 rings (SSSR count). The number of hydrogen-bond acceptors (Lipinski definition) is 9. The summed E-state index contributed by atoms with van der Waals surface area (Å²) >= 11 is 12.1. The van der Waals surface area contributed by atoms with Crippen molar-refractivity contribution < 1.29 is 33.3 Å². The molecule has 0 aliphatic carbocycles. The Balaban J connectivity index is 0.942. The standard InChI is InChI=1S/C42H39Cl2N3O7/c1-24-25(2)45-15-14-37(24)53-32-9-4-26(5-10-32)17-36(42(49)50-3)47-41(48)35-18-29-19-38-39(20-30(29)21-46-35)54-40(23-52-38)28-7-11-31(12-8-28)51-22-27-6-13-33(43)34(44)16-27/h4-16,19-20,35-36,40,46H,17-18,21-23H2,1-3H3,(H,47,48)/t35-,36?,40+/m0/s1. The Morgan fingerprint density at radius 3 is 2.41 bits per heavy atom. The van der Waals surface area contributed by atoms with E-state index in [4.69, 9.17) is 46.9 Å². The van der Waals surface area contributed by atoms with Gasteiger partial charge in [-0.3, -0.25) is 9.78 Å². The van der Waals surface area contributed by atoms with E-state index in [9.17, 15) is 9.59 Å². The topological polar surface area (TPSA) is 117 Å². The van der Waals surface area contributed by atoms with Gasteiger partial charge < -0.3 is 34.3 Å².